The molecular formula is C9H14N2O2. The molecule has 1 aliphatic heterocycles. The molecule has 0 spiro atoms. The monoisotopic (exact) mass is 182 g/mol. The Morgan fingerprint density at radius 3 is 3.08 bits per heavy atom. The van der Waals surface area contributed by atoms with Crippen LogP contribution in [0.1, 0.15) is 5.82 Å². The van der Waals surface area contributed by atoms with E-state index in [-0.39, 0.29) is 12.0 Å². The van der Waals surface area contributed by atoms with Crippen LogP contribution in [0.5, 0.6) is 0 Å². The summed E-state index contributed by atoms with van der Waals surface area (Å²) < 4.78 is 7.15. The van der Waals surface area contributed by atoms with Crippen LogP contribution in [0.15, 0.2) is 12.4 Å². The number of aliphatic hydroxyl groups excluding tert-OH is 1. The van der Waals surface area contributed by atoms with Gasteiger partial charge < -0.3 is 14.4 Å². The van der Waals surface area contributed by atoms with Crippen LogP contribution in [0.2, 0.25) is 0 Å². The van der Waals surface area contributed by atoms with E-state index in [4.69, 9.17) is 4.74 Å². The molecule has 4 heteroatoms. The molecular weight excluding hydrogens is 168 g/mol. The van der Waals surface area contributed by atoms with E-state index in [0.29, 0.717) is 13.2 Å². The summed E-state index contributed by atoms with van der Waals surface area (Å²) >= 11 is 0. The van der Waals surface area contributed by atoms with E-state index in [9.17, 15) is 5.11 Å². The first-order valence-electron chi connectivity index (χ1n) is 4.49. The van der Waals surface area contributed by atoms with E-state index in [1.807, 2.05) is 17.8 Å². The quantitative estimate of drug-likeness (QED) is 0.698. The van der Waals surface area contributed by atoms with Gasteiger partial charge in [-0.3, -0.25) is 0 Å². The molecule has 2 heterocycles. The lowest BCUT2D eigenvalue weighted by atomic mass is 10.0. The Labute approximate surface area is 77.2 Å². The lowest BCUT2D eigenvalue weighted by Crippen LogP contribution is -2.21. The van der Waals surface area contributed by atoms with Crippen molar-refractivity contribution >= 4 is 0 Å². The molecule has 2 unspecified atom stereocenters. The van der Waals surface area contributed by atoms with Gasteiger partial charge >= 0.3 is 0 Å². The molecule has 0 amide bonds. The van der Waals surface area contributed by atoms with E-state index in [1.165, 1.54) is 0 Å². The number of imidazole rings is 1. The van der Waals surface area contributed by atoms with E-state index < -0.39 is 0 Å². The number of nitrogens with zero attached hydrogens (tertiary/aromatic N) is 2. The fraction of sp³-hybridized carbons (Fsp3) is 0.667. The fourth-order valence-corrected chi connectivity index (χ4v) is 1.61. The Bertz CT molecular complexity index is 285. The van der Waals surface area contributed by atoms with E-state index in [2.05, 4.69) is 4.98 Å². The predicted octanol–water partition coefficient (Wildman–Crippen LogP) is -0.0301. The van der Waals surface area contributed by atoms with Crippen molar-refractivity contribution in [3.05, 3.63) is 18.2 Å². The fourth-order valence-electron chi connectivity index (χ4n) is 1.61. The van der Waals surface area contributed by atoms with Crippen molar-refractivity contribution in [1.29, 1.82) is 0 Å². The first-order valence-corrected chi connectivity index (χ1v) is 4.49. The van der Waals surface area contributed by atoms with Gasteiger partial charge in [0.2, 0.25) is 0 Å². The van der Waals surface area contributed by atoms with Gasteiger partial charge in [-0.25, -0.2) is 4.98 Å². The number of ether oxygens (including phenoxy) is 1. The lowest BCUT2D eigenvalue weighted by Gasteiger charge is -2.11. The smallest absolute Gasteiger partial charge is 0.108 e. The Morgan fingerprint density at radius 2 is 2.54 bits per heavy atom. The van der Waals surface area contributed by atoms with Gasteiger partial charge in [-0.15, -0.1) is 0 Å². The highest BCUT2D eigenvalue weighted by Crippen LogP contribution is 2.17. The first-order chi connectivity index (χ1) is 6.27. The highest BCUT2D eigenvalue weighted by molar-refractivity contribution is 4.95. The molecule has 0 aliphatic carbocycles. The zero-order valence-electron chi connectivity index (χ0n) is 7.68. The van der Waals surface area contributed by atoms with E-state index in [0.717, 1.165) is 12.2 Å². The second-order valence-corrected chi connectivity index (χ2v) is 3.52. The Kier molecular flexibility index (Phi) is 2.33. The Hall–Kier alpha value is -0.870. The summed E-state index contributed by atoms with van der Waals surface area (Å²) in [5.74, 6) is 1.22. The molecule has 1 aromatic rings. The summed E-state index contributed by atoms with van der Waals surface area (Å²) in [6.07, 6.45) is 4.16. The van der Waals surface area contributed by atoms with Gasteiger partial charge in [0.05, 0.1) is 19.3 Å². The highest BCUT2D eigenvalue weighted by Gasteiger charge is 2.27. The number of rotatable bonds is 2. The molecule has 2 atom stereocenters. The average molecular weight is 182 g/mol. The number of aryl methyl sites for hydroxylation is 1. The maximum absolute atomic E-state index is 9.52. The molecule has 1 saturated heterocycles. The molecule has 1 aromatic heterocycles. The van der Waals surface area contributed by atoms with Crippen LogP contribution in [0.3, 0.4) is 0 Å². The van der Waals surface area contributed by atoms with Crippen LogP contribution in [0, 0.1) is 5.92 Å². The molecule has 1 N–H and O–H groups in total. The largest absolute Gasteiger partial charge is 0.390 e. The molecule has 1 fully saturated rings. The second-order valence-electron chi connectivity index (χ2n) is 3.52. The minimum atomic E-state index is -0.323. The van der Waals surface area contributed by atoms with E-state index >= 15 is 0 Å². The SMILES string of the molecule is Cn1ccnc1CC1COCC1O. The van der Waals surface area contributed by atoms with Crippen LogP contribution in [-0.2, 0) is 18.2 Å². The van der Waals surface area contributed by atoms with Crippen LogP contribution >= 0.6 is 0 Å². The summed E-state index contributed by atoms with van der Waals surface area (Å²) in [4.78, 5) is 4.21. The maximum Gasteiger partial charge on any atom is 0.108 e. The maximum atomic E-state index is 9.52. The van der Waals surface area contributed by atoms with Crippen molar-refractivity contribution < 1.29 is 9.84 Å². The number of hydrogen-bond donors (Lipinski definition) is 1. The van der Waals surface area contributed by atoms with Crippen LogP contribution in [0.25, 0.3) is 0 Å². The Morgan fingerprint density at radius 1 is 1.69 bits per heavy atom. The van der Waals surface area contributed by atoms with Crippen LogP contribution in [0.4, 0.5) is 0 Å². The summed E-state index contributed by atoms with van der Waals surface area (Å²) in [6.45, 7) is 1.11. The van der Waals surface area contributed by atoms with Crippen molar-refractivity contribution in [2.45, 2.75) is 12.5 Å². The van der Waals surface area contributed by atoms with Crippen LogP contribution < -0.4 is 0 Å². The summed E-state index contributed by atoms with van der Waals surface area (Å²) in [5.41, 5.74) is 0. The number of aliphatic hydroxyl groups is 1. The van der Waals surface area contributed by atoms with Crippen molar-refractivity contribution in [1.82, 2.24) is 9.55 Å². The Balaban J connectivity index is 2.01. The highest BCUT2D eigenvalue weighted by atomic mass is 16.5. The molecule has 4 nitrogen and oxygen atoms in total. The zero-order chi connectivity index (χ0) is 9.26. The number of aromatic nitrogens is 2. The van der Waals surface area contributed by atoms with Gasteiger partial charge in [0.15, 0.2) is 0 Å². The van der Waals surface area contributed by atoms with Gasteiger partial charge in [-0.1, -0.05) is 0 Å². The molecule has 72 valence electrons. The van der Waals surface area contributed by atoms with Gasteiger partial charge in [-0.05, 0) is 0 Å². The summed E-state index contributed by atoms with van der Waals surface area (Å²) in [6, 6.07) is 0. The molecule has 0 bridgehead atoms. The van der Waals surface area contributed by atoms with Crippen molar-refractivity contribution in [2.24, 2.45) is 13.0 Å². The van der Waals surface area contributed by atoms with Crippen molar-refractivity contribution in [3.63, 3.8) is 0 Å². The molecule has 2 rings (SSSR count). The topological polar surface area (TPSA) is 47.3 Å². The predicted molar refractivity (Wildman–Crippen MR) is 47.2 cm³/mol. The average Bonchev–Trinajstić information content (AvgIpc) is 2.65. The molecule has 0 saturated carbocycles. The van der Waals surface area contributed by atoms with Crippen molar-refractivity contribution in [3.8, 4) is 0 Å². The number of hydrogen-bond acceptors (Lipinski definition) is 3. The van der Waals surface area contributed by atoms with Gasteiger partial charge in [-0.2, -0.15) is 0 Å². The standard InChI is InChI=1S/C9H14N2O2/c1-11-3-2-10-9(11)4-7-5-13-6-8(7)12/h2-3,7-8,12H,4-6H2,1H3. The van der Waals surface area contributed by atoms with Gasteiger partial charge in [0, 0.05) is 31.8 Å². The molecule has 0 aromatic carbocycles. The lowest BCUT2D eigenvalue weighted by molar-refractivity contribution is 0.118. The summed E-state index contributed by atoms with van der Waals surface area (Å²) in [5, 5.41) is 9.52. The minimum Gasteiger partial charge on any atom is -0.390 e. The minimum absolute atomic E-state index is 0.209. The third kappa shape index (κ3) is 1.73. The zero-order valence-corrected chi connectivity index (χ0v) is 7.68. The van der Waals surface area contributed by atoms with Crippen molar-refractivity contribution in [2.75, 3.05) is 13.2 Å². The first kappa shape index (κ1) is 8.72. The van der Waals surface area contributed by atoms with Gasteiger partial charge in [0.25, 0.3) is 0 Å². The molecule has 0 radical (unpaired) electrons. The normalized spacial score (nSPS) is 28.2. The third-order valence-electron chi connectivity index (χ3n) is 2.53. The van der Waals surface area contributed by atoms with Gasteiger partial charge in [0.1, 0.15) is 5.82 Å². The third-order valence-corrected chi connectivity index (χ3v) is 2.53. The van der Waals surface area contributed by atoms with Crippen LogP contribution in [-0.4, -0.2) is 34.0 Å². The molecule has 1 aliphatic rings. The van der Waals surface area contributed by atoms with E-state index in [1.54, 1.807) is 6.20 Å². The molecule has 13 heavy (non-hydrogen) atoms. The summed E-state index contributed by atoms with van der Waals surface area (Å²) in [7, 11) is 1.96. The second kappa shape index (κ2) is 3.47.